The summed E-state index contributed by atoms with van der Waals surface area (Å²) in [5.41, 5.74) is 3.64. The molecule has 1 aromatic carbocycles. The second kappa shape index (κ2) is 5.15. The summed E-state index contributed by atoms with van der Waals surface area (Å²) in [5.74, 6) is 0.891. The summed E-state index contributed by atoms with van der Waals surface area (Å²) in [6, 6.07) is 10.9. The number of nitrogens with zero attached hydrogens (tertiary/aromatic N) is 2. The molecule has 2 heterocycles. The molecule has 1 aliphatic carbocycles. The van der Waals surface area contributed by atoms with Gasteiger partial charge in [0.15, 0.2) is 0 Å². The predicted molar refractivity (Wildman–Crippen MR) is 87.7 cm³/mol. The molecule has 0 saturated carbocycles. The second-order valence-electron chi connectivity index (χ2n) is 5.40. The van der Waals surface area contributed by atoms with Crippen LogP contribution in [0.2, 0.25) is 0 Å². The summed E-state index contributed by atoms with van der Waals surface area (Å²) in [5, 5.41) is 4.63. The number of aromatic amines is 1. The largest absolute Gasteiger partial charge is 0.363 e. The van der Waals surface area contributed by atoms with Crippen molar-refractivity contribution in [2.24, 2.45) is 0 Å². The Morgan fingerprint density at radius 3 is 3.05 bits per heavy atom. The molecule has 0 amide bonds. The van der Waals surface area contributed by atoms with Gasteiger partial charge in [0, 0.05) is 11.0 Å². The number of hydrogen-bond donors (Lipinski definition) is 2. The average molecular weight is 343 g/mol. The molecule has 2 unspecified atom stereocenters. The number of nitrogens with one attached hydrogen (secondary N) is 2. The number of anilines is 1. The maximum atomic E-state index is 4.41. The van der Waals surface area contributed by atoms with Gasteiger partial charge in [-0.3, -0.25) is 0 Å². The third kappa shape index (κ3) is 2.31. The summed E-state index contributed by atoms with van der Waals surface area (Å²) >= 11 is 3.78. The fraction of sp³-hybridized carbons (Fsp3) is 0.250. The second-order valence-corrected chi connectivity index (χ2v) is 6.69. The van der Waals surface area contributed by atoms with Gasteiger partial charge in [-0.2, -0.15) is 0 Å². The summed E-state index contributed by atoms with van der Waals surface area (Å²) in [6.07, 6.45) is 5.62. The standard InChI is InChI=1S/C16H15BrN4/c17-11-7-10-3-1-2-4-12(10)14(8-11)21-16-13-5-6-18-15(13)19-9-20-16/h1-6,9,11,14H,7-8H2,(H2,18,19,20,21). The molecule has 2 N–H and O–H groups in total. The first kappa shape index (κ1) is 12.8. The van der Waals surface area contributed by atoms with Crippen LogP contribution in [0, 0.1) is 0 Å². The topological polar surface area (TPSA) is 53.6 Å². The van der Waals surface area contributed by atoms with Gasteiger partial charge in [-0.05, 0) is 30.0 Å². The Kier molecular flexibility index (Phi) is 3.15. The van der Waals surface area contributed by atoms with E-state index < -0.39 is 0 Å². The van der Waals surface area contributed by atoms with Gasteiger partial charge in [-0.25, -0.2) is 9.97 Å². The molecule has 4 rings (SSSR count). The Bertz CT molecular complexity index is 783. The van der Waals surface area contributed by atoms with E-state index in [0.717, 1.165) is 29.7 Å². The smallest absolute Gasteiger partial charge is 0.142 e. The highest BCUT2D eigenvalue weighted by atomic mass is 79.9. The molecule has 4 nitrogen and oxygen atoms in total. The number of rotatable bonds is 2. The summed E-state index contributed by atoms with van der Waals surface area (Å²) in [7, 11) is 0. The minimum atomic E-state index is 0.271. The van der Waals surface area contributed by atoms with Crippen molar-refractivity contribution in [3.05, 3.63) is 54.0 Å². The van der Waals surface area contributed by atoms with Gasteiger partial charge in [0.25, 0.3) is 0 Å². The van der Waals surface area contributed by atoms with Crippen LogP contribution in [0.25, 0.3) is 11.0 Å². The molecule has 0 saturated heterocycles. The molecule has 5 heteroatoms. The van der Waals surface area contributed by atoms with E-state index in [9.17, 15) is 0 Å². The molecule has 1 aliphatic rings. The molecular formula is C16H15BrN4. The normalized spacial score (nSPS) is 21.2. The van der Waals surface area contributed by atoms with Crippen molar-refractivity contribution in [3.8, 4) is 0 Å². The van der Waals surface area contributed by atoms with Crippen LogP contribution in [0.1, 0.15) is 23.6 Å². The fourth-order valence-corrected chi connectivity index (χ4v) is 3.78. The van der Waals surface area contributed by atoms with E-state index >= 15 is 0 Å². The van der Waals surface area contributed by atoms with E-state index in [0.29, 0.717) is 4.83 Å². The minimum Gasteiger partial charge on any atom is -0.363 e. The van der Waals surface area contributed by atoms with Crippen molar-refractivity contribution in [1.82, 2.24) is 15.0 Å². The van der Waals surface area contributed by atoms with Crippen molar-refractivity contribution in [1.29, 1.82) is 0 Å². The maximum absolute atomic E-state index is 4.41. The van der Waals surface area contributed by atoms with Gasteiger partial charge in [0.2, 0.25) is 0 Å². The number of benzene rings is 1. The van der Waals surface area contributed by atoms with E-state index in [4.69, 9.17) is 0 Å². The lowest BCUT2D eigenvalue weighted by Crippen LogP contribution is -2.24. The number of aromatic nitrogens is 3. The Morgan fingerprint density at radius 2 is 2.10 bits per heavy atom. The van der Waals surface area contributed by atoms with E-state index in [1.807, 2.05) is 12.3 Å². The van der Waals surface area contributed by atoms with Gasteiger partial charge < -0.3 is 10.3 Å². The van der Waals surface area contributed by atoms with Crippen molar-refractivity contribution < 1.29 is 0 Å². The molecule has 0 bridgehead atoms. The molecular weight excluding hydrogens is 328 g/mol. The number of hydrogen-bond acceptors (Lipinski definition) is 3. The van der Waals surface area contributed by atoms with Gasteiger partial charge >= 0.3 is 0 Å². The lowest BCUT2D eigenvalue weighted by atomic mass is 9.87. The Balaban J connectivity index is 1.73. The lowest BCUT2D eigenvalue weighted by Gasteiger charge is -2.30. The fourth-order valence-electron chi connectivity index (χ4n) is 3.05. The highest BCUT2D eigenvalue weighted by molar-refractivity contribution is 9.09. The number of alkyl halides is 1. The molecule has 0 radical (unpaired) electrons. The van der Waals surface area contributed by atoms with Gasteiger partial charge in [0.1, 0.15) is 17.8 Å². The van der Waals surface area contributed by atoms with Crippen molar-refractivity contribution in [3.63, 3.8) is 0 Å². The molecule has 106 valence electrons. The Labute approximate surface area is 131 Å². The van der Waals surface area contributed by atoms with Crippen LogP contribution in [0.3, 0.4) is 0 Å². The maximum Gasteiger partial charge on any atom is 0.142 e. The zero-order valence-corrected chi connectivity index (χ0v) is 13.0. The third-order valence-electron chi connectivity index (χ3n) is 4.03. The zero-order chi connectivity index (χ0) is 14.2. The SMILES string of the molecule is BrC1Cc2ccccc2C(Nc2ncnc3[nH]ccc23)C1. The summed E-state index contributed by atoms with van der Waals surface area (Å²) in [4.78, 5) is 12.3. The molecule has 2 atom stereocenters. The van der Waals surface area contributed by atoms with Gasteiger partial charge in [-0.15, -0.1) is 0 Å². The summed E-state index contributed by atoms with van der Waals surface area (Å²) < 4.78 is 0. The minimum absolute atomic E-state index is 0.271. The monoisotopic (exact) mass is 342 g/mol. The molecule has 0 aliphatic heterocycles. The van der Waals surface area contributed by atoms with Crippen LogP contribution >= 0.6 is 15.9 Å². The van der Waals surface area contributed by atoms with Crippen LogP contribution in [-0.4, -0.2) is 19.8 Å². The van der Waals surface area contributed by atoms with Crippen LogP contribution < -0.4 is 5.32 Å². The summed E-state index contributed by atoms with van der Waals surface area (Å²) in [6.45, 7) is 0. The van der Waals surface area contributed by atoms with E-state index in [1.54, 1.807) is 6.33 Å². The molecule has 21 heavy (non-hydrogen) atoms. The first-order valence-electron chi connectivity index (χ1n) is 7.08. The van der Waals surface area contributed by atoms with Crippen molar-refractivity contribution >= 4 is 32.8 Å². The van der Waals surface area contributed by atoms with Crippen molar-refractivity contribution in [2.75, 3.05) is 5.32 Å². The molecule has 3 aromatic rings. The quantitative estimate of drug-likeness (QED) is 0.696. The molecule has 2 aromatic heterocycles. The first-order chi connectivity index (χ1) is 10.3. The van der Waals surface area contributed by atoms with Gasteiger partial charge in [-0.1, -0.05) is 40.2 Å². The third-order valence-corrected chi connectivity index (χ3v) is 4.73. The highest BCUT2D eigenvalue weighted by Gasteiger charge is 2.25. The van der Waals surface area contributed by atoms with E-state index in [-0.39, 0.29) is 6.04 Å². The highest BCUT2D eigenvalue weighted by Crippen LogP contribution is 2.35. The van der Waals surface area contributed by atoms with Crippen LogP contribution in [0.4, 0.5) is 5.82 Å². The van der Waals surface area contributed by atoms with E-state index in [1.165, 1.54) is 11.1 Å². The predicted octanol–water partition coefficient (Wildman–Crippen LogP) is 3.82. The number of halogens is 1. The first-order valence-corrected chi connectivity index (χ1v) is 7.99. The average Bonchev–Trinajstić information content (AvgIpc) is 2.96. The Hall–Kier alpha value is -1.88. The molecule has 0 spiro atoms. The number of fused-ring (bicyclic) bond motifs is 2. The number of H-pyrrole nitrogens is 1. The van der Waals surface area contributed by atoms with Crippen molar-refractivity contribution in [2.45, 2.75) is 23.7 Å². The lowest BCUT2D eigenvalue weighted by molar-refractivity contribution is 0.619. The van der Waals surface area contributed by atoms with Gasteiger partial charge in [0.05, 0.1) is 11.4 Å². The molecule has 0 fully saturated rings. The van der Waals surface area contributed by atoms with Crippen LogP contribution in [0.5, 0.6) is 0 Å². The Morgan fingerprint density at radius 1 is 1.19 bits per heavy atom. The van der Waals surface area contributed by atoms with Crippen LogP contribution in [0.15, 0.2) is 42.9 Å². The van der Waals surface area contributed by atoms with Crippen LogP contribution in [-0.2, 0) is 6.42 Å². The van der Waals surface area contributed by atoms with E-state index in [2.05, 4.69) is 60.5 Å². The zero-order valence-electron chi connectivity index (χ0n) is 11.4.